The highest BCUT2D eigenvalue weighted by Gasteiger charge is 2.23. The molecule has 3 aromatic rings. The van der Waals surface area contributed by atoms with E-state index in [1.807, 2.05) is 0 Å². The van der Waals surface area contributed by atoms with Gasteiger partial charge in [-0.05, 0) is 44.5 Å². The molecule has 0 radical (unpaired) electrons. The van der Waals surface area contributed by atoms with Crippen molar-refractivity contribution in [1.82, 2.24) is 20.3 Å². The summed E-state index contributed by atoms with van der Waals surface area (Å²) in [6, 6.07) is 15.5. The van der Waals surface area contributed by atoms with Crippen molar-refractivity contribution in [2.75, 3.05) is 45.3 Å². The van der Waals surface area contributed by atoms with Crippen LogP contribution in [0.2, 0.25) is 0 Å². The molecule has 0 spiro atoms. The highest BCUT2D eigenvalue weighted by Crippen LogP contribution is 2.19. The summed E-state index contributed by atoms with van der Waals surface area (Å²) in [5.74, 6) is 0.0116. The summed E-state index contributed by atoms with van der Waals surface area (Å²) >= 11 is 0. The monoisotopic (exact) mass is 535 g/mol. The van der Waals surface area contributed by atoms with E-state index in [0.29, 0.717) is 12.0 Å². The number of amides is 1. The number of benzene rings is 2. The zero-order valence-corrected chi connectivity index (χ0v) is 23.5. The molecule has 0 aliphatic carbocycles. The number of likely N-dealkylation sites (N-methyl/N-ethyl adjacent to an activating group) is 1. The number of fused-ring (bicyclic) bond motifs is 1. The number of hydrogen-bond donors (Lipinski definition) is 2. The Hall–Kier alpha value is -3.88. The average molecular weight is 536 g/mol. The predicted molar refractivity (Wildman–Crippen MR) is 156 cm³/mol. The van der Waals surface area contributed by atoms with E-state index in [2.05, 4.69) is 95.1 Å². The molecule has 1 saturated heterocycles. The third-order valence-corrected chi connectivity index (χ3v) is 5.93. The SMILES string of the molecule is C=C=C.CC=O.COCCN(C)C1CCN(c2ncc(C(=O)NO)cn2)CC1.Cc1ccc2ccccc2c1. The Balaban J connectivity index is 0.000000369. The Morgan fingerprint density at radius 3 is 2.28 bits per heavy atom. The number of methoxy groups -OCH3 is 1. The Morgan fingerprint density at radius 2 is 1.74 bits per heavy atom. The molecule has 2 heterocycles. The van der Waals surface area contributed by atoms with Crippen molar-refractivity contribution in [3.63, 3.8) is 0 Å². The number of aromatic nitrogens is 2. The van der Waals surface area contributed by atoms with Crippen LogP contribution in [0.1, 0.15) is 35.7 Å². The van der Waals surface area contributed by atoms with Crippen LogP contribution in [0.3, 0.4) is 0 Å². The number of anilines is 1. The van der Waals surface area contributed by atoms with Gasteiger partial charge in [-0.15, -0.1) is 5.73 Å². The molecule has 39 heavy (non-hydrogen) atoms. The Labute approximate surface area is 231 Å². The van der Waals surface area contributed by atoms with Crippen molar-refractivity contribution < 1.29 is 19.5 Å². The molecule has 2 N–H and O–H groups in total. The summed E-state index contributed by atoms with van der Waals surface area (Å²) in [5, 5.41) is 11.2. The van der Waals surface area contributed by atoms with E-state index in [4.69, 9.17) is 14.7 Å². The van der Waals surface area contributed by atoms with Crippen LogP contribution in [0.4, 0.5) is 5.95 Å². The fourth-order valence-electron chi connectivity index (χ4n) is 3.90. The first-order valence-corrected chi connectivity index (χ1v) is 12.7. The average Bonchev–Trinajstić information content (AvgIpc) is 2.97. The van der Waals surface area contributed by atoms with Crippen LogP contribution in [0.5, 0.6) is 0 Å². The zero-order valence-electron chi connectivity index (χ0n) is 23.5. The van der Waals surface area contributed by atoms with E-state index in [-0.39, 0.29) is 5.56 Å². The van der Waals surface area contributed by atoms with Gasteiger partial charge in [0.05, 0.1) is 12.2 Å². The van der Waals surface area contributed by atoms with E-state index < -0.39 is 5.91 Å². The van der Waals surface area contributed by atoms with E-state index in [1.165, 1.54) is 35.7 Å². The van der Waals surface area contributed by atoms with Crippen molar-refractivity contribution >= 4 is 28.9 Å². The van der Waals surface area contributed by atoms with Crippen molar-refractivity contribution in [2.45, 2.75) is 32.7 Å². The number of nitrogens with zero attached hydrogens (tertiary/aromatic N) is 4. The topological polar surface area (TPSA) is 108 Å². The van der Waals surface area contributed by atoms with Crippen molar-refractivity contribution in [1.29, 1.82) is 0 Å². The lowest BCUT2D eigenvalue weighted by molar-refractivity contribution is -0.106. The lowest BCUT2D eigenvalue weighted by Crippen LogP contribution is -2.44. The molecule has 0 saturated carbocycles. The molecule has 210 valence electrons. The van der Waals surface area contributed by atoms with Gasteiger partial charge in [0.1, 0.15) is 6.29 Å². The highest BCUT2D eigenvalue weighted by atomic mass is 16.5. The Morgan fingerprint density at radius 1 is 1.18 bits per heavy atom. The van der Waals surface area contributed by atoms with Crippen LogP contribution >= 0.6 is 0 Å². The first-order chi connectivity index (χ1) is 18.8. The fourth-order valence-corrected chi connectivity index (χ4v) is 3.90. The number of carbonyl (C=O) groups excluding carboxylic acids is 2. The van der Waals surface area contributed by atoms with Gasteiger partial charge < -0.3 is 19.3 Å². The predicted octanol–water partition coefficient (Wildman–Crippen LogP) is 4.45. The maximum atomic E-state index is 11.2. The number of piperidine rings is 1. The molecule has 9 heteroatoms. The molecule has 1 amide bonds. The maximum Gasteiger partial charge on any atom is 0.277 e. The minimum Gasteiger partial charge on any atom is -0.383 e. The largest absolute Gasteiger partial charge is 0.383 e. The summed E-state index contributed by atoms with van der Waals surface area (Å²) in [6.45, 7) is 13.3. The second-order valence-electron chi connectivity index (χ2n) is 8.74. The van der Waals surface area contributed by atoms with Gasteiger partial charge in [0.15, 0.2) is 0 Å². The van der Waals surface area contributed by atoms with Gasteiger partial charge in [-0.1, -0.05) is 61.2 Å². The van der Waals surface area contributed by atoms with Gasteiger partial charge in [-0.25, -0.2) is 15.4 Å². The molecule has 2 aromatic carbocycles. The molecular weight excluding hydrogens is 494 g/mol. The molecule has 9 nitrogen and oxygen atoms in total. The summed E-state index contributed by atoms with van der Waals surface area (Å²) in [4.78, 5) is 32.9. The second kappa shape index (κ2) is 19.2. The number of hydrogen-bond acceptors (Lipinski definition) is 8. The fraction of sp³-hybridized carbons (Fsp3) is 0.367. The van der Waals surface area contributed by atoms with E-state index >= 15 is 0 Å². The molecule has 1 fully saturated rings. The van der Waals surface area contributed by atoms with Crippen LogP contribution in [-0.4, -0.2) is 78.7 Å². The molecule has 1 aliphatic heterocycles. The molecule has 4 rings (SSSR count). The molecule has 0 unspecified atom stereocenters. The van der Waals surface area contributed by atoms with Crippen LogP contribution in [0.15, 0.2) is 73.7 Å². The van der Waals surface area contributed by atoms with Gasteiger partial charge in [-0.3, -0.25) is 10.0 Å². The number of hydroxylamine groups is 1. The van der Waals surface area contributed by atoms with E-state index in [0.717, 1.165) is 45.4 Å². The third-order valence-electron chi connectivity index (χ3n) is 5.93. The molecular formula is C30H41N5O4. The molecule has 0 bridgehead atoms. The van der Waals surface area contributed by atoms with Crippen molar-refractivity contribution in [3.05, 3.63) is 84.9 Å². The van der Waals surface area contributed by atoms with Crippen LogP contribution in [0, 0.1) is 6.92 Å². The summed E-state index contributed by atoms with van der Waals surface area (Å²) in [5.41, 5.74) is 5.38. The number of carbonyl (C=O) groups is 2. The molecule has 1 aromatic heterocycles. The van der Waals surface area contributed by atoms with Crippen molar-refractivity contribution in [2.24, 2.45) is 0 Å². The van der Waals surface area contributed by atoms with Gasteiger partial charge in [-0.2, -0.15) is 0 Å². The van der Waals surface area contributed by atoms with E-state index in [1.54, 1.807) is 12.6 Å². The number of aryl methyl sites for hydroxylation is 1. The lowest BCUT2D eigenvalue weighted by atomic mass is 10.0. The van der Waals surface area contributed by atoms with Crippen LogP contribution < -0.4 is 10.4 Å². The number of aldehydes is 1. The first kappa shape index (κ1) is 33.1. The minimum atomic E-state index is -0.606. The molecule has 0 atom stereocenters. The summed E-state index contributed by atoms with van der Waals surface area (Å²) in [6.07, 6.45) is 5.68. The van der Waals surface area contributed by atoms with Crippen LogP contribution in [-0.2, 0) is 9.53 Å². The first-order valence-electron chi connectivity index (χ1n) is 12.7. The number of ether oxygens (including phenoxy) is 1. The smallest absolute Gasteiger partial charge is 0.277 e. The zero-order chi connectivity index (χ0) is 29.0. The van der Waals surface area contributed by atoms with E-state index in [9.17, 15) is 4.79 Å². The van der Waals surface area contributed by atoms with Crippen molar-refractivity contribution in [3.8, 4) is 0 Å². The Bertz CT molecular complexity index is 1160. The standard InChI is InChI=1S/C14H23N5O3.C11H10.C3H4.C2H4O/c1-18(7-8-22-2)12-3-5-19(6-4-12)14-15-9-11(10-16-14)13(20)17-21;1-9-6-7-10-4-2-3-5-11(10)8-9;1-3-2;1-2-3/h9-10,12,21H,3-8H2,1-2H3,(H,17,20);2-8H,1H3;1-2H2;2H,1H3. The van der Waals surface area contributed by atoms with Gasteiger partial charge in [0.25, 0.3) is 5.91 Å². The van der Waals surface area contributed by atoms with Gasteiger partial charge >= 0.3 is 0 Å². The summed E-state index contributed by atoms with van der Waals surface area (Å²) in [7, 11) is 3.84. The number of nitrogens with one attached hydrogen (secondary N) is 1. The maximum absolute atomic E-state index is 11.2. The second-order valence-corrected chi connectivity index (χ2v) is 8.74. The molecule has 1 aliphatic rings. The lowest BCUT2D eigenvalue weighted by Gasteiger charge is -2.36. The quantitative estimate of drug-likeness (QED) is 0.206. The van der Waals surface area contributed by atoms with Gasteiger partial charge in [0.2, 0.25) is 5.95 Å². The third kappa shape index (κ3) is 12.0. The van der Waals surface area contributed by atoms with Gasteiger partial charge in [0, 0.05) is 45.2 Å². The summed E-state index contributed by atoms with van der Waals surface area (Å²) < 4.78 is 5.11. The minimum absolute atomic E-state index is 0.237. The highest BCUT2D eigenvalue weighted by molar-refractivity contribution is 5.92. The normalized spacial score (nSPS) is 12.5. The number of rotatable bonds is 6. The Kier molecular flexibility index (Phi) is 16.3. The van der Waals surface area contributed by atoms with Crippen LogP contribution in [0.25, 0.3) is 10.8 Å².